The van der Waals surface area contributed by atoms with Gasteiger partial charge in [0.2, 0.25) is 0 Å². The fourth-order valence-corrected chi connectivity index (χ4v) is 1.19. The van der Waals surface area contributed by atoms with Gasteiger partial charge in [-0.05, 0) is 19.1 Å². The van der Waals surface area contributed by atoms with Crippen LogP contribution in [0.2, 0.25) is 0 Å². The van der Waals surface area contributed by atoms with Crippen molar-refractivity contribution in [3.63, 3.8) is 0 Å². The van der Waals surface area contributed by atoms with Crippen molar-refractivity contribution in [2.75, 3.05) is 17.6 Å². The van der Waals surface area contributed by atoms with E-state index in [-0.39, 0.29) is 16.6 Å². The van der Waals surface area contributed by atoms with Gasteiger partial charge in [0, 0.05) is 6.54 Å². The van der Waals surface area contributed by atoms with Crippen LogP contribution in [0.3, 0.4) is 0 Å². The quantitative estimate of drug-likeness (QED) is 0.413. The number of nitrogens with one attached hydrogen (secondary N) is 4. The number of hydrogen-bond donors (Lipinski definition) is 5. The number of H-pyrrole nitrogens is 2. The van der Waals surface area contributed by atoms with Gasteiger partial charge in [-0.1, -0.05) is 0 Å². The van der Waals surface area contributed by atoms with E-state index in [1.165, 1.54) is 0 Å². The molecule has 1 aromatic heterocycles. The molecular formula is C7H11N5O2S. The fraction of sp³-hybridized carbons (Fsp3) is 0.286. The Labute approximate surface area is 90.1 Å². The molecular weight excluding hydrogens is 218 g/mol. The third kappa shape index (κ3) is 2.81. The van der Waals surface area contributed by atoms with Crippen LogP contribution < -0.4 is 27.6 Å². The smallest absolute Gasteiger partial charge is 0.327 e. The molecule has 1 heterocycles. The van der Waals surface area contributed by atoms with Crippen molar-refractivity contribution in [1.82, 2.24) is 15.3 Å². The van der Waals surface area contributed by atoms with Crippen LogP contribution in [0.4, 0.5) is 11.5 Å². The maximum atomic E-state index is 11.3. The third-order valence-electron chi connectivity index (χ3n) is 1.55. The first kappa shape index (κ1) is 11.2. The molecule has 15 heavy (non-hydrogen) atoms. The van der Waals surface area contributed by atoms with Crippen LogP contribution in [-0.2, 0) is 0 Å². The van der Waals surface area contributed by atoms with Gasteiger partial charge in [0.1, 0.15) is 11.5 Å². The van der Waals surface area contributed by atoms with Crippen molar-refractivity contribution in [2.24, 2.45) is 0 Å². The summed E-state index contributed by atoms with van der Waals surface area (Å²) in [5.41, 5.74) is 4.20. The summed E-state index contributed by atoms with van der Waals surface area (Å²) in [4.78, 5) is 26.4. The van der Waals surface area contributed by atoms with Crippen molar-refractivity contribution in [1.29, 1.82) is 0 Å². The maximum Gasteiger partial charge on any atom is 0.327 e. The van der Waals surface area contributed by atoms with Crippen LogP contribution in [0.15, 0.2) is 9.59 Å². The Kier molecular flexibility index (Phi) is 3.45. The molecule has 0 aliphatic heterocycles. The molecule has 7 nitrogen and oxygen atoms in total. The summed E-state index contributed by atoms with van der Waals surface area (Å²) in [5, 5.41) is 5.64. The standard InChI is InChI=1S/C7H11N5O2S/c1-2-9-7(15)10-3-4(8)11-6(14)12-5(3)13/h2H2,1H3,(H2,9,10,15)(H4,8,11,12,13,14). The van der Waals surface area contributed by atoms with E-state index in [0.717, 1.165) is 0 Å². The fourth-order valence-electron chi connectivity index (χ4n) is 0.946. The molecule has 82 valence electrons. The minimum Gasteiger partial charge on any atom is -0.383 e. The summed E-state index contributed by atoms with van der Waals surface area (Å²) < 4.78 is 0. The molecule has 6 N–H and O–H groups in total. The highest BCUT2D eigenvalue weighted by atomic mass is 32.1. The highest BCUT2D eigenvalue weighted by Gasteiger charge is 2.07. The lowest BCUT2D eigenvalue weighted by Gasteiger charge is -2.08. The number of hydrogen-bond acceptors (Lipinski definition) is 4. The number of aromatic nitrogens is 2. The first-order chi connectivity index (χ1) is 7.04. The molecule has 0 aromatic carbocycles. The summed E-state index contributed by atoms with van der Waals surface area (Å²) in [7, 11) is 0. The van der Waals surface area contributed by atoms with Gasteiger partial charge in [-0.25, -0.2) is 4.79 Å². The molecule has 0 aliphatic rings. The second-order valence-corrected chi connectivity index (χ2v) is 3.09. The number of anilines is 2. The molecule has 0 radical (unpaired) electrons. The van der Waals surface area contributed by atoms with E-state index in [2.05, 4.69) is 15.6 Å². The monoisotopic (exact) mass is 229 g/mol. The largest absolute Gasteiger partial charge is 0.383 e. The van der Waals surface area contributed by atoms with Gasteiger partial charge in [0.05, 0.1) is 0 Å². The van der Waals surface area contributed by atoms with E-state index >= 15 is 0 Å². The molecule has 0 spiro atoms. The lowest BCUT2D eigenvalue weighted by molar-refractivity contribution is 0.976. The second kappa shape index (κ2) is 4.60. The van der Waals surface area contributed by atoms with Crippen LogP contribution in [0.5, 0.6) is 0 Å². The van der Waals surface area contributed by atoms with Crippen LogP contribution in [-0.4, -0.2) is 21.6 Å². The topological polar surface area (TPSA) is 116 Å². The molecule has 8 heteroatoms. The minimum absolute atomic E-state index is 0.0283. The van der Waals surface area contributed by atoms with Crippen LogP contribution in [0, 0.1) is 0 Å². The zero-order valence-electron chi connectivity index (χ0n) is 8.01. The van der Waals surface area contributed by atoms with Crippen molar-refractivity contribution in [2.45, 2.75) is 6.92 Å². The molecule has 0 saturated heterocycles. The molecule has 0 fully saturated rings. The van der Waals surface area contributed by atoms with Crippen LogP contribution in [0.25, 0.3) is 0 Å². The van der Waals surface area contributed by atoms with Gasteiger partial charge in [0.15, 0.2) is 5.11 Å². The Morgan fingerprint density at radius 3 is 2.67 bits per heavy atom. The number of nitrogens with two attached hydrogens (primary N) is 1. The van der Waals surface area contributed by atoms with E-state index in [9.17, 15) is 9.59 Å². The predicted molar refractivity (Wildman–Crippen MR) is 62.0 cm³/mol. The molecule has 0 amide bonds. The van der Waals surface area contributed by atoms with E-state index < -0.39 is 11.2 Å². The Hall–Kier alpha value is -1.83. The molecule has 0 atom stereocenters. The van der Waals surface area contributed by atoms with Crippen molar-refractivity contribution in [3.8, 4) is 0 Å². The maximum absolute atomic E-state index is 11.3. The number of rotatable bonds is 2. The van der Waals surface area contributed by atoms with E-state index in [1.807, 2.05) is 11.9 Å². The van der Waals surface area contributed by atoms with Crippen molar-refractivity contribution < 1.29 is 0 Å². The summed E-state index contributed by atoms with van der Waals surface area (Å²) in [6.45, 7) is 2.47. The number of nitrogen functional groups attached to an aromatic ring is 1. The molecule has 0 bridgehead atoms. The molecule has 1 aromatic rings. The SMILES string of the molecule is CCNC(=S)Nc1c(N)[nH]c(=O)[nH]c1=O. The number of aromatic amines is 2. The summed E-state index contributed by atoms with van der Waals surface area (Å²) in [6.07, 6.45) is 0. The molecule has 0 saturated carbocycles. The zero-order valence-corrected chi connectivity index (χ0v) is 8.83. The van der Waals surface area contributed by atoms with Gasteiger partial charge in [0.25, 0.3) is 5.56 Å². The number of thiocarbonyl (C=S) groups is 1. The van der Waals surface area contributed by atoms with E-state index in [1.54, 1.807) is 0 Å². The van der Waals surface area contributed by atoms with Gasteiger partial charge in [-0.3, -0.25) is 14.8 Å². The van der Waals surface area contributed by atoms with Gasteiger partial charge >= 0.3 is 5.69 Å². The van der Waals surface area contributed by atoms with Gasteiger partial charge < -0.3 is 16.4 Å². The Morgan fingerprint density at radius 1 is 1.47 bits per heavy atom. The minimum atomic E-state index is -0.655. The van der Waals surface area contributed by atoms with Gasteiger partial charge in [-0.2, -0.15) is 0 Å². The first-order valence-corrected chi connectivity index (χ1v) is 4.62. The Morgan fingerprint density at radius 2 is 2.13 bits per heavy atom. The lowest BCUT2D eigenvalue weighted by Crippen LogP contribution is -2.33. The molecule has 1 rings (SSSR count). The first-order valence-electron chi connectivity index (χ1n) is 4.21. The van der Waals surface area contributed by atoms with Crippen LogP contribution >= 0.6 is 12.2 Å². The highest BCUT2D eigenvalue weighted by molar-refractivity contribution is 7.80. The predicted octanol–water partition coefficient (Wildman–Crippen LogP) is -1.05. The lowest BCUT2D eigenvalue weighted by atomic mass is 10.4. The Bertz CT molecular complexity index is 477. The normalized spacial score (nSPS) is 9.67. The average molecular weight is 229 g/mol. The van der Waals surface area contributed by atoms with E-state index in [0.29, 0.717) is 6.54 Å². The van der Waals surface area contributed by atoms with E-state index in [4.69, 9.17) is 18.0 Å². The zero-order chi connectivity index (χ0) is 11.4. The molecule has 0 unspecified atom stereocenters. The summed E-state index contributed by atoms with van der Waals surface area (Å²) in [5.74, 6) is -0.0518. The van der Waals surface area contributed by atoms with Crippen molar-refractivity contribution in [3.05, 3.63) is 20.8 Å². The van der Waals surface area contributed by atoms with Crippen LogP contribution in [0.1, 0.15) is 6.92 Å². The Balaban J connectivity index is 3.00. The third-order valence-corrected chi connectivity index (χ3v) is 1.79. The highest BCUT2D eigenvalue weighted by Crippen LogP contribution is 2.04. The molecule has 0 aliphatic carbocycles. The van der Waals surface area contributed by atoms with Gasteiger partial charge in [-0.15, -0.1) is 0 Å². The summed E-state index contributed by atoms with van der Waals surface area (Å²) >= 11 is 4.86. The second-order valence-electron chi connectivity index (χ2n) is 2.68. The van der Waals surface area contributed by atoms with Crippen molar-refractivity contribution >= 4 is 28.8 Å². The summed E-state index contributed by atoms with van der Waals surface area (Å²) in [6, 6.07) is 0. The average Bonchev–Trinajstić information content (AvgIpc) is 2.11.